The number of carbonyl (C=O) groups is 1. The molecule has 15 heavy (non-hydrogen) atoms. The molecule has 2 heterocycles. The first kappa shape index (κ1) is 9.20. The molecule has 2 N–H and O–H groups in total. The summed E-state index contributed by atoms with van der Waals surface area (Å²) in [6, 6.07) is 2.57. The molecule has 0 radical (unpaired) electrons. The summed E-state index contributed by atoms with van der Waals surface area (Å²) in [5.74, 6) is -0.361. The van der Waals surface area contributed by atoms with Gasteiger partial charge in [0.15, 0.2) is 0 Å². The Morgan fingerprint density at radius 1 is 1.47 bits per heavy atom. The van der Waals surface area contributed by atoms with Crippen molar-refractivity contribution < 1.29 is 9.21 Å². The molecule has 0 unspecified atom stereocenters. The number of hydrogen-bond donors (Lipinski definition) is 2. The molecule has 0 fully saturated rings. The molecule has 0 aliphatic carbocycles. The van der Waals surface area contributed by atoms with E-state index in [2.05, 4.69) is 19.9 Å². The first-order valence-corrected chi connectivity index (χ1v) is 4.15. The van der Waals surface area contributed by atoms with Gasteiger partial charge in [-0.3, -0.25) is 9.89 Å². The topological polar surface area (TPSA) is 88.0 Å². The average molecular weight is 205 g/mol. The quantitative estimate of drug-likeness (QED) is 0.752. The van der Waals surface area contributed by atoms with Gasteiger partial charge in [-0.25, -0.2) is 4.79 Å². The third kappa shape index (κ3) is 2.11. The Morgan fingerprint density at radius 3 is 2.93 bits per heavy atom. The van der Waals surface area contributed by atoms with E-state index in [1.807, 2.05) is 0 Å². The predicted molar refractivity (Wildman–Crippen MR) is 51.5 cm³/mol. The van der Waals surface area contributed by atoms with Crippen molar-refractivity contribution in [1.82, 2.24) is 10.2 Å². The first-order valence-electron chi connectivity index (χ1n) is 4.15. The van der Waals surface area contributed by atoms with E-state index < -0.39 is 5.63 Å². The van der Waals surface area contributed by atoms with Crippen LogP contribution in [0.5, 0.6) is 0 Å². The highest BCUT2D eigenvalue weighted by atomic mass is 16.4. The molecular formula is C9H7N3O3. The Balaban J connectivity index is 2.15. The van der Waals surface area contributed by atoms with Gasteiger partial charge in [0, 0.05) is 12.3 Å². The number of aromatic amines is 1. The summed E-state index contributed by atoms with van der Waals surface area (Å²) >= 11 is 0. The minimum atomic E-state index is -0.491. The van der Waals surface area contributed by atoms with Crippen LogP contribution in [0.25, 0.3) is 0 Å². The zero-order chi connectivity index (χ0) is 10.7. The van der Waals surface area contributed by atoms with E-state index >= 15 is 0 Å². The maximum atomic E-state index is 11.5. The number of H-pyrrole nitrogens is 1. The van der Waals surface area contributed by atoms with Crippen LogP contribution >= 0.6 is 0 Å². The van der Waals surface area contributed by atoms with Crippen molar-refractivity contribution in [2.24, 2.45) is 0 Å². The minimum absolute atomic E-state index is 0.274. The monoisotopic (exact) mass is 205 g/mol. The lowest BCUT2D eigenvalue weighted by molar-refractivity contribution is 0.102. The maximum absolute atomic E-state index is 11.5. The molecule has 76 valence electrons. The van der Waals surface area contributed by atoms with E-state index in [0.717, 1.165) is 6.26 Å². The lowest BCUT2D eigenvalue weighted by atomic mass is 10.3. The van der Waals surface area contributed by atoms with Crippen LogP contribution in [0.1, 0.15) is 10.4 Å². The van der Waals surface area contributed by atoms with Gasteiger partial charge >= 0.3 is 5.63 Å². The molecule has 0 saturated carbocycles. The third-order valence-electron chi connectivity index (χ3n) is 1.72. The van der Waals surface area contributed by atoms with Gasteiger partial charge in [0.25, 0.3) is 5.91 Å². The van der Waals surface area contributed by atoms with Crippen LogP contribution in [0.3, 0.4) is 0 Å². The molecule has 2 aromatic rings. The second-order valence-electron chi connectivity index (χ2n) is 2.78. The minimum Gasteiger partial charge on any atom is -0.430 e. The fraction of sp³-hybridized carbons (Fsp3) is 0. The smallest absolute Gasteiger partial charge is 0.335 e. The van der Waals surface area contributed by atoms with Crippen LogP contribution in [0.2, 0.25) is 0 Å². The van der Waals surface area contributed by atoms with E-state index in [9.17, 15) is 9.59 Å². The summed E-state index contributed by atoms with van der Waals surface area (Å²) in [6.45, 7) is 0. The normalized spacial score (nSPS) is 9.87. The summed E-state index contributed by atoms with van der Waals surface area (Å²) in [7, 11) is 0. The SMILES string of the molecule is O=C(Nc1cn[nH]c1)c1ccc(=O)oc1. The molecule has 2 aromatic heterocycles. The summed E-state index contributed by atoms with van der Waals surface area (Å²) in [4.78, 5) is 22.2. The Labute approximate surface area is 83.9 Å². The van der Waals surface area contributed by atoms with Crippen LogP contribution in [0, 0.1) is 0 Å². The molecule has 0 saturated heterocycles. The average Bonchev–Trinajstić information content (AvgIpc) is 2.71. The number of carbonyl (C=O) groups excluding carboxylic acids is 1. The second kappa shape index (κ2) is 3.79. The van der Waals surface area contributed by atoms with Gasteiger partial charge in [0.1, 0.15) is 6.26 Å². The second-order valence-corrected chi connectivity index (χ2v) is 2.78. The van der Waals surface area contributed by atoms with Gasteiger partial charge in [-0.2, -0.15) is 5.10 Å². The fourth-order valence-corrected chi connectivity index (χ4v) is 1.01. The number of aromatic nitrogens is 2. The van der Waals surface area contributed by atoms with Crippen LogP contribution in [0.4, 0.5) is 5.69 Å². The summed E-state index contributed by atoms with van der Waals surface area (Å²) in [6.07, 6.45) is 4.12. The Hall–Kier alpha value is -2.37. The number of anilines is 1. The Bertz CT molecular complexity index is 495. The van der Waals surface area contributed by atoms with Crippen LogP contribution in [-0.2, 0) is 0 Å². The first-order chi connectivity index (χ1) is 7.25. The molecule has 0 aromatic carbocycles. The lowest BCUT2D eigenvalue weighted by Gasteiger charge is -1.99. The number of nitrogens with zero attached hydrogens (tertiary/aromatic N) is 1. The highest BCUT2D eigenvalue weighted by molar-refractivity contribution is 6.03. The summed E-state index contributed by atoms with van der Waals surface area (Å²) < 4.78 is 4.56. The van der Waals surface area contributed by atoms with Crippen molar-refractivity contribution in [3.05, 3.63) is 46.8 Å². The van der Waals surface area contributed by atoms with Gasteiger partial charge in [-0.05, 0) is 6.07 Å². The molecule has 6 nitrogen and oxygen atoms in total. The fourth-order valence-electron chi connectivity index (χ4n) is 1.01. The summed E-state index contributed by atoms with van der Waals surface area (Å²) in [5.41, 5.74) is 0.330. The van der Waals surface area contributed by atoms with Gasteiger partial charge in [0.2, 0.25) is 0 Å². The predicted octanol–water partition coefficient (Wildman–Crippen LogP) is 0.615. The van der Waals surface area contributed by atoms with Crippen molar-refractivity contribution in [1.29, 1.82) is 0 Å². The van der Waals surface area contributed by atoms with Gasteiger partial charge in [-0.15, -0.1) is 0 Å². The Morgan fingerprint density at radius 2 is 2.33 bits per heavy atom. The van der Waals surface area contributed by atoms with E-state index in [1.54, 1.807) is 0 Å². The maximum Gasteiger partial charge on any atom is 0.335 e. The highest BCUT2D eigenvalue weighted by Crippen LogP contribution is 2.04. The van der Waals surface area contributed by atoms with Gasteiger partial charge in [0.05, 0.1) is 17.4 Å². The number of hydrogen-bond acceptors (Lipinski definition) is 4. The van der Waals surface area contributed by atoms with Crippen LogP contribution in [-0.4, -0.2) is 16.1 Å². The van der Waals surface area contributed by atoms with Crippen molar-refractivity contribution in [3.63, 3.8) is 0 Å². The molecule has 1 amide bonds. The number of amides is 1. The zero-order valence-corrected chi connectivity index (χ0v) is 7.56. The number of nitrogens with one attached hydrogen (secondary N) is 2. The molecule has 0 atom stereocenters. The van der Waals surface area contributed by atoms with E-state index in [-0.39, 0.29) is 11.5 Å². The van der Waals surface area contributed by atoms with Crippen LogP contribution in [0.15, 0.2) is 40.0 Å². The van der Waals surface area contributed by atoms with Crippen molar-refractivity contribution in [2.45, 2.75) is 0 Å². The molecular weight excluding hydrogens is 198 g/mol. The largest absolute Gasteiger partial charge is 0.430 e. The molecule has 0 aliphatic heterocycles. The van der Waals surface area contributed by atoms with E-state index in [1.165, 1.54) is 24.5 Å². The zero-order valence-electron chi connectivity index (χ0n) is 7.56. The lowest BCUT2D eigenvalue weighted by Crippen LogP contribution is -2.12. The molecule has 2 rings (SSSR count). The van der Waals surface area contributed by atoms with E-state index in [0.29, 0.717) is 5.69 Å². The van der Waals surface area contributed by atoms with Crippen molar-refractivity contribution in [2.75, 3.05) is 5.32 Å². The van der Waals surface area contributed by atoms with Gasteiger partial charge < -0.3 is 9.73 Å². The molecule has 0 spiro atoms. The number of rotatable bonds is 2. The molecule has 0 bridgehead atoms. The molecule has 0 aliphatic rings. The summed E-state index contributed by atoms with van der Waals surface area (Å²) in [5, 5.41) is 8.79. The Kier molecular flexibility index (Phi) is 2.32. The van der Waals surface area contributed by atoms with Gasteiger partial charge in [-0.1, -0.05) is 0 Å². The standard InChI is InChI=1S/C9H7N3O3/c13-8-2-1-6(5-15-8)9(14)12-7-3-10-11-4-7/h1-5H,(H,10,11)(H,12,14). The van der Waals surface area contributed by atoms with E-state index in [4.69, 9.17) is 0 Å². The highest BCUT2D eigenvalue weighted by Gasteiger charge is 2.06. The van der Waals surface area contributed by atoms with Crippen molar-refractivity contribution in [3.8, 4) is 0 Å². The molecule has 6 heteroatoms. The van der Waals surface area contributed by atoms with Crippen LogP contribution < -0.4 is 10.9 Å². The third-order valence-corrected chi connectivity index (χ3v) is 1.72. The van der Waals surface area contributed by atoms with Crippen molar-refractivity contribution >= 4 is 11.6 Å².